The molecule has 4 rings (SSSR count). The van der Waals surface area contributed by atoms with Crippen molar-refractivity contribution in [3.05, 3.63) is 63.7 Å². The number of amides is 5. The van der Waals surface area contributed by atoms with Crippen LogP contribution in [0.2, 0.25) is 5.02 Å². The molecule has 0 aromatic heterocycles. The SMILES string of the molecule is CCc1ccc(NC(=O)NCc2ccc3c(c2)CN(C2CCC(=O)NC2=O)C3=O)cc1Cl. The summed E-state index contributed by atoms with van der Waals surface area (Å²) in [5.74, 6) is -0.974. The zero-order chi connectivity index (χ0) is 22.8. The Bertz CT molecular complexity index is 1120. The lowest BCUT2D eigenvalue weighted by molar-refractivity contribution is -0.136. The van der Waals surface area contributed by atoms with Crippen LogP contribution in [0.4, 0.5) is 10.5 Å². The molecule has 1 fully saturated rings. The first-order chi connectivity index (χ1) is 15.4. The van der Waals surface area contributed by atoms with E-state index in [1.165, 1.54) is 4.90 Å². The number of hydrogen-bond donors (Lipinski definition) is 3. The molecule has 166 valence electrons. The van der Waals surface area contributed by atoms with E-state index in [0.717, 1.165) is 23.1 Å². The van der Waals surface area contributed by atoms with E-state index in [-0.39, 0.29) is 30.8 Å². The molecule has 2 heterocycles. The highest BCUT2D eigenvalue weighted by Gasteiger charge is 2.39. The Morgan fingerprint density at radius 1 is 1.19 bits per heavy atom. The molecule has 1 atom stereocenters. The van der Waals surface area contributed by atoms with Gasteiger partial charge < -0.3 is 15.5 Å². The number of hydrogen-bond acceptors (Lipinski definition) is 4. The molecule has 0 aliphatic carbocycles. The fraction of sp³-hybridized carbons (Fsp3) is 0.304. The Morgan fingerprint density at radius 3 is 2.72 bits per heavy atom. The maximum Gasteiger partial charge on any atom is 0.319 e. The molecule has 2 aromatic carbocycles. The van der Waals surface area contributed by atoms with Gasteiger partial charge in [0.2, 0.25) is 11.8 Å². The van der Waals surface area contributed by atoms with Gasteiger partial charge in [0, 0.05) is 35.8 Å². The second kappa shape index (κ2) is 9.00. The molecule has 1 saturated heterocycles. The van der Waals surface area contributed by atoms with Crippen molar-refractivity contribution < 1.29 is 19.2 Å². The van der Waals surface area contributed by atoms with Crippen LogP contribution in [0.1, 0.15) is 46.8 Å². The number of nitrogens with one attached hydrogen (secondary N) is 3. The fourth-order valence-corrected chi connectivity index (χ4v) is 4.32. The van der Waals surface area contributed by atoms with E-state index in [1.54, 1.807) is 24.3 Å². The van der Waals surface area contributed by atoms with Gasteiger partial charge in [-0.15, -0.1) is 0 Å². The van der Waals surface area contributed by atoms with E-state index in [2.05, 4.69) is 16.0 Å². The molecule has 0 spiro atoms. The Hall–Kier alpha value is -3.39. The third-order valence-electron chi connectivity index (χ3n) is 5.73. The topological polar surface area (TPSA) is 108 Å². The smallest absolute Gasteiger partial charge is 0.319 e. The number of nitrogens with zero attached hydrogens (tertiary/aromatic N) is 1. The number of piperidine rings is 1. The molecular formula is C23H23ClN4O4. The minimum absolute atomic E-state index is 0.215. The van der Waals surface area contributed by atoms with Crippen LogP contribution in [-0.2, 0) is 29.1 Å². The Labute approximate surface area is 190 Å². The lowest BCUT2D eigenvalue weighted by Gasteiger charge is -2.29. The van der Waals surface area contributed by atoms with E-state index < -0.39 is 11.9 Å². The van der Waals surface area contributed by atoms with Crippen LogP contribution in [0.25, 0.3) is 0 Å². The number of rotatable bonds is 5. The van der Waals surface area contributed by atoms with Gasteiger partial charge >= 0.3 is 6.03 Å². The first-order valence-corrected chi connectivity index (χ1v) is 10.8. The summed E-state index contributed by atoms with van der Waals surface area (Å²) >= 11 is 6.19. The largest absolute Gasteiger partial charge is 0.334 e. The molecule has 2 aromatic rings. The number of fused-ring (bicyclic) bond motifs is 1. The first kappa shape index (κ1) is 21.8. The number of aryl methyl sites for hydroxylation is 1. The summed E-state index contributed by atoms with van der Waals surface area (Å²) in [6.07, 6.45) is 1.35. The van der Waals surface area contributed by atoms with E-state index >= 15 is 0 Å². The minimum atomic E-state index is -0.647. The van der Waals surface area contributed by atoms with Crippen LogP contribution in [0.15, 0.2) is 36.4 Å². The quantitative estimate of drug-likeness (QED) is 0.603. The summed E-state index contributed by atoms with van der Waals surface area (Å²) in [7, 11) is 0. The van der Waals surface area contributed by atoms with Crippen molar-refractivity contribution in [1.82, 2.24) is 15.5 Å². The van der Waals surface area contributed by atoms with Crippen LogP contribution in [0.5, 0.6) is 0 Å². The predicted octanol–water partition coefficient (Wildman–Crippen LogP) is 2.99. The highest BCUT2D eigenvalue weighted by atomic mass is 35.5. The number of carbonyl (C=O) groups excluding carboxylic acids is 4. The Balaban J connectivity index is 1.37. The van der Waals surface area contributed by atoms with Crippen LogP contribution in [-0.4, -0.2) is 34.7 Å². The lowest BCUT2D eigenvalue weighted by atomic mass is 10.0. The lowest BCUT2D eigenvalue weighted by Crippen LogP contribution is -2.52. The average Bonchev–Trinajstić information content (AvgIpc) is 3.08. The van der Waals surface area contributed by atoms with Crippen LogP contribution >= 0.6 is 11.6 Å². The van der Waals surface area contributed by atoms with E-state index in [9.17, 15) is 19.2 Å². The van der Waals surface area contributed by atoms with E-state index in [4.69, 9.17) is 11.6 Å². The van der Waals surface area contributed by atoms with Gasteiger partial charge in [-0.2, -0.15) is 0 Å². The molecule has 32 heavy (non-hydrogen) atoms. The fourth-order valence-electron chi connectivity index (χ4n) is 4.01. The monoisotopic (exact) mass is 454 g/mol. The highest BCUT2D eigenvalue weighted by molar-refractivity contribution is 6.31. The summed E-state index contributed by atoms with van der Waals surface area (Å²) < 4.78 is 0. The maximum absolute atomic E-state index is 12.7. The van der Waals surface area contributed by atoms with Crippen molar-refractivity contribution >= 4 is 41.0 Å². The van der Waals surface area contributed by atoms with Crippen LogP contribution in [0, 0.1) is 0 Å². The third kappa shape index (κ3) is 4.45. The molecule has 2 aliphatic heterocycles. The molecular weight excluding hydrogens is 432 g/mol. The zero-order valence-corrected chi connectivity index (χ0v) is 18.3. The standard InChI is InChI=1S/C23H23ClN4O4/c1-2-14-4-5-16(10-18(14)24)26-23(32)25-11-13-3-6-17-15(9-13)12-28(22(17)31)19-7-8-20(29)27-21(19)30/h3-6,9-10,19H,2,7-8,11-12H2,1H3,(H2,25,26,32)(H,27,29,30). The van der Waals surface area contributed by atoms with Crippen molar-refractivity contribution in [1.29, 1.82) is 0 Å². The van der Waals surface area contributed by atoms with Gasteiger partial charge in [0.05, 0.1) is 0 Å². The summed E-state index contributed by atoms with van der Waals surface area (Å²) in [5, 5.41) is 8.44. The van der Waals surface area contributed by atoms with Crippen molar-refractivity contribution in [2.24, 2.45) is 0 Å². The van der Waals surface area contributed by atoms with Gasteiger partial charge in [-0.1, -0.05) is 36.7 Å². The molecule has 3 N–H and O–H groups in total. The molecule has 2 aliphatic rings. The molecule has 8 nitrogen and oxygen atoms in total. The Morgan fingerprint density at radius 2 is 2.00 bits per heavy atom. The van der Waals surface area contributed by atoms with Crippen molar-refractivity contribution in [3.63, 3.8) is 0 Å². The summed E-state index contributed by atoms with van der Waals surface area (Å²) in [4.78, 5) is 50.0. The van der Waals surface area contributed by atoms with Gasteiger partial charge in [-0.25, -0.2) is 4.79 Å². The van der Waals surface area contributed by atoms with Crippen LogP contribution in [0.3, 0.4) is 0 Å². The number of carbonyl (C=O) groups is 4. The van der Waals surface area contributed by atoms with Crippen LogP contribution < -0.4 is 16.0 Å². The normalized spacial score (nSPS) is 17.8. The number of imide groups is 1. The van der Waals surface area contributed by atoms with Gasteiger partial charge in [0.15, 0.2) is 0 Å². The zero-order valence-electron chi connectivity index (χ0n) is 17.5. The number of urea groups is 1. The van der Waals surface area contributed by atoms with Crippen molar-refractivity contribution in [3.8, 4) is 0 Å². The van der Waals surface area contributed by atoms with Gasteiger partial charge in [-0.3, -0.25) is 19.7 Å². The molecule has 9 heteroatoms. The summed E-state index contributed by atoms with van der Waals surface area (Å²) in [6, 6.07) is 9.72. The third-order valence-corrected chi connectivity index (χ3v) is 6.08. The molecule has 0 bridgehead atoms. The second-order valence-corrected chi connectivity index (χ2v) is 8.27. The molecule has 5 amide bonds. The maximum atomic E-state index is 12.7. The summed E-state index contributed by atoms with van der Waals surface area (Å²) in [6.45, 7) is 2.57. The number of halogens is 1. The van der Waals surface area contributed by atoms with Crippen molar-refractivity contribution in [2.45, 2.75) is 45.3 Å². The van der Waals surface area contributed by atoms with Gasteiger partial charge in [-0.05, 0) is 47.7 Å². The van der Waals surface area contributed by atoms with Gasteiger partial charge in [0.25, 0.3) is 5.91 Å². The predicted molar refractivity (Wildman–Crippen MR) is 119 cm³/mol. The number of benzene rings is 2. The molecule has 0 radical (unpaired) electrons. The number of anilines is 1. The molecule has 1 unspecified atom stereocenters. The first-order valence-electron chi connectivity index (χ1n) is 10.5. The highest BCUT2D eigenvalue weighted by Crippen LogP contribution is 2.28. The second-order valence-electron chi connectivity index (χ2n) is 7.86. The minimum Gasteiger partial charge on any atom is -0.334 e. The molecule has 0 saturated carbocycles. The van der Waals surface area contributed by atoms with Gasteiger partial charge in [0.1, 0.15) is 6.04 Å². The Kier molecular flexibility index (Phi) is 6.14. The summed E-state index contributed by atoms with van der Waals surface area (Å²) in [5.41, 5.74) is 3.77. The van der Waals surface area contributed by atoms with E-state index in [0.29, 0.717) is 29.2 Å². The van der Waals surface area contributed by atoms with E-state index in [1.807, 2.05) is 19.1 Å². The van der Waals surface area contributed by atoms with Crippen molar-refractivity contribution in [2.75, 3.05) is 5.32 Å². The average molecular weight is 455 g/mol.